The van der Waals surface area contributed by atoms with Gasteiger partial charge >= 0.3 is 0 Å². The third-order valence-corrected chi connectivity index (χ3v) is 4.12. The molecule has 4 nitrogen and oxygen atoms in total. The molecule has 1 aromatic carbocycles. The number of hydrogen-bond donors (Lipinski definition) is 1. The summed E-state index contributed by atoms with van der Waals surface area (Å²) in [6.07, 6.45) is 2.54. The normalized spacial score (nSPS) is 10.5. The van der Waals surface area contributed by atoms with Gasteiger partial charge < -0.3 is 5.32 Å². The predicted molar refractivity (Wildman–Crippen MR) is 85.5 cm³/mol. The third kappa shape index (κ3) is 3.64. The molecule has 0 aliphatic rings. The Labute approximate surface area is 127 Å². The zero-order valence-corrected chi connectivity index (χ0v) is 12.6. The zero-order chi connectivity index (χ0) is 14.5. The van der Waals surface area contributed by atoms with Crippen LogP contribution in [0.2, 0.25) is 0 Å². The van der Waals surface area contributed by atoms with Crippen LogP contribution in [0.4, 0.5) is 5.82 Å². The van der Waals surface area contributed by atoms with Gasteiger partial charge in [-0.2, -0.15) is 0 Å². The van der Waals surface area contributed by atoms with Crippen molar-refractivity contribution in [2.75, 3.05) is 5.32 Å². The first-order valence-electron chi connectivity index (χ1n) is 6.80. The molecule has 2 aromatic heterocycles. The number of nitrogens with zero attached hydrogens (tertiary/aromatic N) is 3. The number of benzene rings is 1. The fraction of sp³-hybridized carbons (Fsp3) is 0.188. The molecule has 0 atom stereocenters. The molecule has 106 valence electrons. The summed E-state index contributed by atoms with van der Waals surface area (Å²) in [5.41, 5.74) is 4.16. The first-order valence-corrected chi connectivity index (χ1v) is 7.68. The van der Waals surface area contributed by atoms with Crippen molar-refractivity contribution in [3.05, 3.63) is 70.1 Å². The summed E-state index contributed by atoms with van der Waals surface area (Å²) in [4.78, 5) is 14.4. The maximum Gasteiger partial charge on any atom is 0.135 e. The maximum atomic E-state index is 4.56. The van der Waals surface area contributed by atoms with Crippen LogP contribution in [-0.2, 0) is 13.0 Å². The highest BCUT2D eigenvalue weighted by Crippen LogP contribution is 2.14. The average molecular weight is 296 g/mol. The van der Waals surface area contributed by atoms with Gasteiger partial charge in [-0.3, -0.25) is 0 Å². The summed E-state index contributed by atoms with van der Waals surface area (Å²) in [5, 5.41) is 3.33. The van der Waals surface area contributed by atoms with Crippen LogP contribution in [0.3, 0.4) is 0 Å². The number of anilines is 1. The molecule has 0 unspecified atom stereocenters. The number of rotatable bonds is 5. The fourth-order valence-electron chi connectivity index (χ4n) is 2.03. The Morgan fingerprint density at radius 2 is 1.95 bits per heavy atom. The molecule has 1 N–H and O–H groups in total. The van der Waals surface area contributed by atoms with E-state index in [0.717, 1.165) is 30.3 Å². The largest absolute Gasteiger partial charge is 0.365 e. The Morgan fingerprint density at radius 3 is 2.71 bits per heavy atom. The lowest BCUT2D eigenvalue weighted by molar-refractivity contribution is 0.958. The molecule has 3 rings (SSSR count). The van der Waals surface area contributed by atoms with Gasteiger partial charge in [0.25, 0.3) is 0 Å². The number of hydrogen-bond acceptors (Lipinski definition) is 5. The van der Waals surface area contributed by atoms with E-state index < -0.39 is 0 Å². The van der Waals surface area contributed by atoms with E-state index in [9.17, 15) is 0 Å². The number of nitrogens with one attached hydrogen (secondary N) is 1. The molecule has 0 saturated carbocycles. The van der Waals surface area contributed by atoms with E-state index in [1.54, 1.807) is 17.5 Å². The first kappa shape index (κ1) is 13.7. The third-order valence-electron chi connectivity index (χ3n) is 3.19. The Hall–Kier alpha value is -2.27. The molecule has 0 radical (unpaired) electrons. The Morgan fingerprint density at radius 1 is 1.10 bits per heavy atom. The summed E-state index contributed by atoms with van der Waals surface area (Å²) >= 11 is 1.66. The molecule has 21 heavy (non-hydrogen) atoms. The molecule has 0 spiro atoms. The highest BCUT2D eigenvalue weighted by molar-refractivity contribution is 7.09. The van der Waals surface area contributed by atoms with E-state index in [2.05, 4.69) is 32.4 Å². The van der Waals surface area contributed by atoms with E-state index >= 15 is 0 Å². The van der Waals surface area contributed by atoms with Crippen LogP contribution in [0.25, 0.3) is 0 Å². The highest BCUT2D eigenvalue weighted by atomic mass is 32.1. The molecular formula is C16H16N4S. The average Bonchev–Trinajstić information content (AvgIpc) is 2.92. The van der Waals surface area contributed by atoms with Crippen molar-refractivity contribution in [3.63, 3.8) is 0 Å². The summed E-state index contributed by atoms with van der Waals surface area (Å²) in [7, 11) is 0. The summed E-state index contributed by atoms with van der Waals surface area (Å²) in [6.45, 7) is 2.77. The first-order chi connectivity index (χ1) is 10.3. The molecule has 0 saturated heterocycles. The van der Waals surface area contributed by atoms with Crippen molar-refractivity contribution < 1.29 is 0 Å². The molecule has 0 aliphatic carbocycles. The molecule has 0 amide bonds. The quantitative estimate of drug-likeness (QED) is 0.783. The Balaban J connectivity index is 1.67. The molecule has 5 heteroatoms. The second-order valence-corrected chi connectivity index (χ2v) is 5.67. The van der Waals surface area contributed by atoms with Crippen molar-refractivity contribution in [2.45, 2.75) is 19.9 Å². The van der Waals surface area contributed by atoms with E-state index in [0.29, 0.717) is 0 Å². The number of thiazole rings is 1. The van der Waals surface area contributed by atoms with Gasteiger partial charge in [0, 0.05) is 17.5 Å². The maximum absolute atomic E-state index is 4.56. The molecule has 2 heterocycles. The van der Waals surface area contributed by atoms with E-state index in [4.69, 9.17) is 0 Å². The van der Waals surface area contributed by atoms with Gasteiger partial charge in [-0.1, -0.05) is 30.3 Å². The second kappa shape index (κ2) is 6.45. The van der Waals surface area contributed by atoms with Gasteiger partial charge in [0.2, 0.25) is 0 Å². The van der Waals surface area contributed by atoms with Gasteiger partial charge in [0.1, 0.15) is 11.6 Å². The number of aryl methyl sites for hydroxylation is 1. The van der Waals surface area contributed by atoms with E-state index in [-0.39, 0.29) is 0 Å². The molecule has 0 fully saturated rings. The van der Waals surface area contributed by atoms with Crippen LogP contribution >= 0.6 is 11.3 Å². The minimum atomic E-state index is 0.746. The van der Waals surface area contributed by atoms with E-state index in [1.807, 2.05) is 36.7 Å². The van der Waals surface area contributed by atoms with Crippen molar-refractivity contribution in [2.24, 2.45) is 0 Å². The monoisotopic (exact) mass is 296 g/mol. The molecule has 0 aliphatic heterocycles. The van der Waals surface area contributed by atoms with Crippen molar-refractivity contribution in [1.29, 1.82) is 0 Å². The van der Waals surface area contributed by atoms with Crippen LogP contribution in [0.15, 0.2) is 48.1 Å². The van der Waals surface area contributed by atoms with Crippen molar-refractivity contribution in [1.82, 2.24) is 15.0 Å². The molecular weight excluding hydrogens is 280 g/mol. The standard InChI is InChI=1S/C16H16N4S/c1-12-14(21-11-19-12)10-18-15-7-8-17-16(20-15)9-13-5-3-2-4-6-13/h2-8,11H,9-10H2,1H3,(H,17,18,20). The molecule has 3 aromatic rings. The van der Waals surface area contributed by atoms with Crippen molar-refractivity contribution >= 4 is 17.2 Å². The lowest BCUT2D eigenvalue weighted by Gasteiger charge is -2.06. The van der Waals surface area contributed by atoms with Crippen LogP contribution < -0.4 is 5.32 Å². The van der Waals surface area contributed by atoms with Crippen LogP contribution in [-0.4, -0.2) is 15.0 Å². The Bertz CT molecular complexity index is 709. The van der Waals surface area contributed by atoms with Gasteiger partial charge in [0.05, 0.1) is 17.7 Å². The smallest absolute Gasteiger partial charge is 0.135 e. The topological polar surface area (TPSA) is 50.7 Å². The van der Waals surface area contributed by atoms with Crippen LogP contribution in [0.1, 0.15) is 22.0 Å². The summed E-state index contributed by atoms with van der Waals surface area (Å²) in [6, 6.07) is 12.1. The minimum absolute atomic E-state index is 0.746. The lowest BCUT2D eigenvalue weighted by atomic mass is 10.1. The van der Waals surface area contributed by atoms with Gasteiger partial charge in [-0.25, -0.2) is 15.0 Å². The van der Waals surface area contributed by atoms with Gasteiger partial charge in [0.15, 0.2) is 0 Å². The minimum Gasteiger partial charge on any atom is -0.365 e. The fourth-order valence-corrected chi connectivity index (χ4v) is 2.74. The summed E-state index contributed by atoms with van der Waals surface area (Å²) in [5.74, 6) is 1.68. The van der Waals surface area contributed by atoms with Crippen LogP contribution in [0, 0.1) is 6.92 Å². The van der Waals surface area contributed by atoms with E-state index in [1.165, 1.54) is 10.4 Å². The van der Waals surface area contributed by atoms with Gasteiger partial charge in [-0.15, -0.1) is 11.3 Å². The van der Waals surface area contributed by atoms with Crippen molar-refractivity contribution in [3.8, 4) is 0 Å². The van der Waals surface area contributed by atoms with Crippen LogP contribution in [0.5, 0.6) is 0 Å². The van der Waals surface area contributed by atoms with Gasteiger partial charge in [-0.05, 0) is 18.6 Å². The predicted octanol–water partition coefficient (Wildman–Crippen LogP) is 3.44. The number of aromatic nitrogens is 3. The second-order valence-electron chi connectivity index (χ2n) is 4.73. The Kier molecular flexibility index (Phi) is 4.21. The summed E-state index contributed by atoms with van der Waals surface area (Å²) < 4.78 is 0. The molecule has 0 bridgehead atoms. The zero-order valence-electron chi connectivity index (χ0n) is 11.8. The lowest BCUT2D eigenvalue weighted by Crippen LogP contribution is -2.04. The SMILES string of the molecule is Cc1ncsc1CNc1ccnc(Cc2ccccc2)n1. The highest BCUT2D eigenvalue weighted by Gasteiger charge is 2.04.